The number of aryl methyl sites for hydroxylation is 1. The Labute approximate surface area is 99.5 Å². The molecule has 1 atom stereocenters. The molecule has 1 aromatic rings. The van der Waals surface area contributed by atoms with Gasteiger partial charge in [-0.2, -0.15) is 0 Å². The van der Waals surface area contributed by atoms with Crippen molar-refractivity contribution in [3.05, 3.63) is 29.6 Å². The first-order valence-corrected chi connectivity index (χ1v) is 5.29. The second kappa shape index (κ2) is 5.83. The fraction of sp³-hybridized carbons (Fsp3) is 0.364. The SMILES string of the molecule is CCC(NC(=O)c1ccnc(C)c1)/C(N)=N/O. The molecule has 1 unspecified atom stereocenters. The smallest absolute Gasteiger partial charge is 0.251 e. The van der Waals surface area contributed by atoms with E-state index in [2.05, 4.69) is 15.5 Å². The molecule has 4 N–H and O–H groups in total. The average Bonchev–Trinajstić information content (AvgIpc) is 2.34. The van der Waals surface area contributed by atoms with Gasteiger partial charge in [-0.1, -0.05) is 12.1 Å². The van der Waals surface area contributed by atoms with Crippen LogP contribution in [0.25, 0.3) is 0 Å². The van der Waals surface area contributed by atoms with E-state index in [9.17, 15) is 4.79 Å². The van der Waals surface area contributed by atoms with Crippen molar-refractivity contribution in [2.24, 2.45) is 10.9 Å². The first-order valence-electron chi connectivity index (χ1n) is 5.29. The van der Waals surface area contributed by atoms with Crippen LogP contribution in [0.4, 0.5) is 0 Å². The van der Waals surface area contributed by atoms with Crippen molar-refractivity contribution >= 4 is 11.7 Å². The molecule has 17 heavy (non-hydrogen) atoms. The molecule has 0 bridgehead atoms. The lowest BCUT2D eigenvalue weighted by atomic mass is 10.1. The van der Waals surface area contributed by atoms with Gasteiger partial charge in [-0.05, 0) is 25.5 Å². The third-order valence-electron chi connectivity index (χ3n) is 2.34. The third kappa shape index (κ3) is 3.44. The molecule has 6 heteroatoms. The normalized spacial score (nSPS) is 13.2. The molecule has 1 heterocycles. The maximum atomic E-state index is 11.9. The summed E-state index contributed by atoms with van der Waals surface area (Å²) < 4.78 is 0. The van der Waals surface area contributed by atoms with Crippen LogP contribution in [0.2, 0.25) is 0 Å². The fourth-order valence-corrected chi connectivity index (χ4v) is 1.38. The number of carbonyl (C=O) groups is 1. The summed E-state index contributed by atoms with van der Waals surface area (Å²) in [4.78, 5) is 15.9. The Kier molecular flexibility index (Phi) is 4.45. The lowest BCUT2D eigenvalue weighted by molar-refractivity contribution is 0.0945. The lowest BCUT2D eigenvalue weighted by Crippen LogP contribution is -2.44. The van der Waals surface area contributed by atoms with Gasteiger partial charge in [-0.25, -0.2) is 0 Å². The largest absolute Gasteiger partial charge is 0.409 e. The first kappa shape index (κ1) is 13.0. The highest BCUT2D eigenvalue weighted by atomic mass is 16.4. The Morgan fingerprint density at radius 2 is 2.41 bits per heavy atom. The van der Waals surface area contributed by atoms with Crippen molar-refractivity contribution in [1.29, 1.82) is 0 Å². The predicted octanol–water partition coefficient (Wildman–Crippen LogP) is 0.645. The van der Waals surface area contributed by atoms with Crippen LogP contribution in [-0.2, 0) is 0 Å². The van der Waals surface area contributed by atoms with E-state index in [4.69, 9.17) is 10.9 Å². The Bertz CT molecular complexity index is 431. The molecule has 1 rings (SSSR count). The number of hydrogen-bond donors (Lipinski definition) is 3. The van der Waals surface area contributed by atoms with Gasteiger partial charge in [0.05, 0.1) is 6.04 Å². The van der Waals surface area contributed by atoms with E-state index in [0.717, 1.165) is 5.69 Å². The molecule has 0 aliphatic rings. The number of hydrogen-bond acceptors (Lipinski definition) is 4. The highest BCUT2D eigenvalue weighted by Gasteiger charge is 2.15. The number of amides is 1. The van der Waals surface area contributed by atoms with Crippen molar-refractivity contribution in [3.8, 4) is 0 Å². The average molecular weight is 236 g/mol. The molecular formula is C11H16N4O2. The summed E-state index contributed by atoms with van der Waals surface area (Å²) in [7, 11) is 0. The molecule has 0 spiro atoms. The summed E-state index contributed by atoms with van der Waals surface area (Å²) >= 11 is 0. The van der Waals surface area contributed by atoms with E-state index in [-0.39, 0.29) is 11.7 Å². The first-order chi connectivity index (χ1) is 8.08. The van der Waals surface area contributed by atoms with Crippen LogP contribution in [0.1, 0.15) is 29.4 Å². The number of carbonyl (C=O) groups excluding carboxylic acids is 1. The second-order valence-corrected chi connectivity index (χ2v) is 3.65. The molecule has 0 saturated carbocycles. The fourth-order valence-electron chi connectivity index (χ4n) is 1.38. The van der Waals surface area contributed by atoms with Gasteiger partial charge in [0.25, 0.3) is 5.91 Å². The van der Waals surface area contributed by atoms with Crippen LogP contribution in [-0.4, -0.2) is 28.0 Å². The van der Waals surface area contributed by atoms with Crippen molar-refractivity contribution in [2.45, 2.75) is 26.3 Å². The van der Waals surface area contributed by atoms with Crippen LogP contribution in [0.3, 0.4) is 0 Å². The minimum absolute atomic E-state index is 0.00775. The molecule has 6 nitrogen and oxygen atoms in total. The molecular weight excluding hydrogens is 220 g/mol. The summed E-state index contributed by atoms with van der Waals surface area (Å²) in [5.41, 5.74) is 6.72. The van der Waals surface area contributed by atoms with Crippen molar-refractivity contribution < 1.29 is 10.0 Å². The molecule has 0 saturated heterocycles. The van der Waals surface area contributed by atoms with Crippen LogP contribution >= 0.6 is 0 Å². The highest BCUT2D eigenvalue weighted by molar-refractivity contribution is 5.98. The number of amidine groups is 1. The van der Waals surface area contributed by atoms with Crippen molar-refractivity contribution in [2.75, 3.05) is 0 Å². The van der Waals surface area contributed by atoms with Gasteiger partial charge in [-0.15, -0.1) is 0 Å². The van der Waals surface area contributed by atoms with Gasteiger partial charge in [0.15, 0.2) is 5.84 Å². The maximum absolute atomic E-state index is 11.9. The standard InChI is InChI=1S/C11H16N4O2/c1-3-9(10(12)15-17)14-11(16)8-4-5-13-7(2)6-8/h4-6,9,17H,3H2,1-2H3,(H2,12,15)(H,14,16). The van der Waals surface area contributed by atoms with E-state index in [0.29, 0.717) is 12.0 Å². The highest BCUT2D eigenvalue weighted by Crippen LogP contribution is 2.02. The molecule has 92 valence electrons. The van der Waals surface area contributed by atoms with E-state index in [1.54, 1.807) is 25.3 Å². The maximum Gasteiger partial charge on any atom is 0.251 e. The number of pyridine rings is 1. The van der Waals surface area contributed by atoms with Gasteiger partial charge in [0, 0.05) is 17.5 Å². The second-order valence-electron chi connectivity index (χ2n) is 3.65. The zero-order valence-electron chi connectivity index (χ0n) is 9.84. The van der Waals surface area contributed by atoms with Crippen molar-refractivity contribution in [3.63, 3.8) is 0 Å². The summed E-state index contributed by atoms with van der Waals surface area (Å²) in [5.74, 6) is -0.277. The van der Waals surface area contributed by atoms with E-state index in [1.807, 2.05) is 6.92 Å². The number of nitrogens with zero attached hydrogens (tertiary/aromatic N) is 2. The van der Waals surface area contributed by atoms with E-state index in [1.165, 1.54) is 0 Å². The Morgan fingerprint density at radius 1 is 1.71 bits per heavy atom. The number of aromatic nitrogens is 1. The molecule has 0 aliphatic carbocycles. The molecule has 0 aromatic carbocycles. The minimum Gasteiger partial charge on any atom is -0.409 e. The van der Waals surface area contributed by atoms with Gasteiger partial charge in [0.2, 0.25) is 0 Å². The summed E-state index contributed by atoms with van der Waals surface area (Å²) in [6.07, 6.45) is 2.11. The zero-order valence-corrected chi connectivity index (χ0v) is 9.84. The monoisotopic (exact) mass is 236 g/mol. The Hall–Kier alpha value is -2.11. The molecule has 1 aromatic heterocycles. The van der Waals surface area contributed by atoms with E-state index >= 15 is 0 Å². The summed E-state index contributed by atoms with van der Waals surface area (Å²) in [6.45, 7) is 3.64. The lowest BCUT2D eigenvalue weighted by Gasteiger charge is -2.15. The van der Waals surface area contributed by atoms with Crippen molar-refractivity contribution in [1.82, 2.24) is 10.3 Å². The molecule has 0 radical (unpaired) electrons. The number of nitrogens with two attached hydrogens (primary N) is 1. The summed E-state index contributed by atoms with van der Waals surface area (Å²) in [5, 5.41) is 14.1. The number of oxime groups is 1. The van der Waals surface area contributed by atoms with Crippen LogP contribution in [0.5, 0.6) is 0 Å². The minimum atomic E-state index is -0.471. The van der Waals surface area contributed by atoms with Crippen LogP contribution in [0.15, 0.2) is 23.5 Å². The Morgan fingerprint density at radius 3 is 2.94 bits per heavy atom. The van der Waals surface area contributed by atoms with Gasteiger partial charge in [0.1, 0.15) is 0 Å². The number of rotatable bonds is 4. The Balaban J connectivity index is 2.78. The van der Waals surface area contributed by atoms with Crippen LogP contribution in [0, 0.1) is 6.92 Å². The topological polar surface area (TPSA) is 101 Å². The van der Waals surface area contributed by atoms with Gasteiger partial charge >= 0.3 is 0 Å². The predicted molar refractivity (Wildman–Crippen MR) is 63.9 cm³/mol. The third-order valence-corrected chi connectivity index (χ3v) is 2.34. The van der Waals surface area contributed by atoms with Gasteiger partial charge < -0.3 is 16.3 Å². The zero-order chi connectivity index (χ0) is 12.8. The van der Waals surface area contributed by atoms with Gasteiger partial charge in [-0.3, -0.25) is 9.78 Å². The molecule has 0 fully saturated rings. The molecule has 0 aliphatic heterocycles. The van der Waals surface area contributed by atoms with Crippen LogP contribution < -0.4 is 11.1 Å². The van der Waals surface area contributed by atoms with E-state index < -0.39 is 6.04 Å². The number of nitrogens with one attached hydrogen (secondary N) is 1. The summed E-state index contributed by atoms with van der Waals surface area (Å²) in [6, 6.07) is 2.82. The quantitative estimate of drug-likeness (QED) is 0.309. The molecule has 1 amide bonds.